The highest BCUT2D eigenvalue weighted by molar-refractivity contribution is 6.30. The first kappa shape index (κ1) is 25.7. The average molecular weight is 461 g/mol. The number of carbonyl (C=O) groups excluding carboxylic acids is 2. The molecule has 1 atom stereocenters. The number of nitrogens with zero attached hydrogens (tertiary/aromatic N) is 1. The van der Waals surface area contributed by atoms with Crippen molar-refractivity contribution in [1.29, 1.82) is 0 Å². The second-order valence-corrected chi connectivity index (χ2v) is 8.78. The van der Waals surface area contributed by atoms with Gasteiger partial charge in [-0.15, -0.1) is 0 Å². The summed E-state index contributed by atoms with van der Waals surface area (Å²) in [7, 11) is 1.55. The van der Waals surface area contributed by atoms with Crippen LogP contribution in [0.5, 0.6) is 5.75 Å². The number of para-hydroxylation sites is 1. The molecule has 0 aromatic heterocycles. The Hall–Kier alpha value is -2.57. The number of halogens is 1. The van der Waals surface area contributed by atoms with E-state index in [0.29, 0.717) is 35.6 Å². The predicted octanol–water partition coefficient (Wildman–Crippen LogP) is 5.35. The zero-order valence-corrected chi connectivity index (χ0v) is 20.0. The fourth-order valence-electron chi connectivity index (χ4n) is 3.10. The highest BCUT2D eigenvalue weighted by atomic mass is 35.5. The smallest absolute Gasteiger partial charge is 0.417 e. The molecule has 2 aromatic carbocycles. The van der Waals surface area contributed by atoms with Gasteiger partial charge < -0.3 is 15.2 Å². The van der Waals surface area contributed by atoms with Crippen LogP contribution in [0.4, 0.5) is 4.79 Å². The van der Waals surface area contributed by atoms with Gasteiger partial charge in [0.25, 0.3) is 0 Å². The molecule has 0 radical (unpaired) electrons. The lowest BCUT2D eigenvalue weighted by Gasteiger charge is -2.29. The minimum absolute atomic E-state index is 0.0202. The molecule has 2 rings (SSSR count). The Morgan fingerprint density at radius 2 is 1.78 bits per heavy atom. The van der Waals surface area contributed by atoms with Gasteiger partial charge in [-0.2, -0.15) is 0 Å². The monoisotopic (exact) mass is 460 g/mol. The lowest BCUT2D eigenvalue weighted by molar-refractivity contribution is -0.132. The molecule has 0 bridgehead atoms. The summed E-state index contributed by atoms with van der Waals surface area (Å²) in [6.07, 6.45) is 1.81. The standard InChI is InChI=1S/C25H33ClN2O4/c1-5-25(2,3)32-24(30)28(17-19-10-6-7-12-22(19)31-4)23(29)21(27)11-8-9-18-13-15-20(26)16-14-18/h6-7,10,12-16,21H,5,8-9,11,17,27H2,1-4H3. The third-order valence-electron chi connectivity index (χ3n) is 5.43. The number of aryl methyl sites for hydroxylation is 1. The van der Waals surface area contributed by atoms with Crippen LogP contribution in [0.15, 0.2) is 48.5 Å². The second-order valence-electron chi connectivity index (χ2n) is 8.34. The number of hydrogen-bond donors (Lipinski definition) is 1. The van der Waals surface area contributed by atoms with Crippen molar-refractivity contribution in [3.63, 3.8) is 0 Å². The van der Waals surface area contributed by atoms with Gasteiger partial charge in [0.15, 0.2) is 0 Å². The second kappa shape index (κ2) is 11.9. The normalized spacial score (nSPS) is 12.2. The SMILES string of the molecule is CCC(C)(C)OC(=O)N(Cc1ccccc1OC)C(=O)C(N)CCCc1ccc(Cl)cc1. The first-order chi connectivity index (χ1) is 15.2. The van der Waals surface area contributed by atoms with Gasteiger partial charge >= 0.3 is 6.09 Å². The molecule has 2 amide bonds. The van der Waals surface area contributed by atoms with Gasteiger partial charge in [-0.05, 0) is 63.3 Å². The van der Waals surface area contributed by atoms with Gasteiger partial charge in [0.05, 0.1) is 19.7 Å². The van der Waals surface area contributed by atoms with Crippen molar-refractivity contribution in [3.8, 4) is 5.75 Å². The molecule has 0 spiro atoms. The summed E-state index contributed by atoms with van der Waals surface area (Å²) < 4.78 is 11.0. The number of benzene rings is 2. The number of rotatable bonds is 10. The van der Waals surface area contributed by atoms with Crippen LogP contribution >= 0.6 is 11.6 Å². The third-order valence-corrected chi connectivity index (χ3v) is 5.69. The molecule has 7 heteroatoms. The van der Waals surface area contributed by atoms with Crippen molar-refractivity contribution < 1.29 is 19.1 Å². The van der Waals surface area contributed by atoms with Crippen molar-refractivity contribution >= 4 is 23.6 Å². The Morgan fingerprint density at radius 3 is 2.41 bits per heavy atom. The molecule has 0 aliphatic heterocycles. The fourth-order valence-corrected chi connectivity index (χ4v) is 3.23. The van der Waals surface area contributed by atoms with Gasteiger partial charge in [0, 0.05) is 10.6 Å². The number of methoxy groups -OCH3 is 1. The van der Waals surface area contributed by atoms with Gasteiger partial charge in [0.1, 0.15) is 11.4 Å². The van der Waals surface area contributed by atoms with E-state index in [2.05, 4.69) is 0 Å². The van der Waals surface area contributed by atoms with E-state index in [1.165, 1.54) is 0 Å². The van der Waals surface area contributed by atoms with Crippen LogP contribution in [0.3, 0.4) is 0 Å². The van der Waals surface area contributed by atoms with Crippen molar-refractivity contribution in [2.75, 3.05) is 7.11 Å². The van der Waals surface area contributed by atoms with Crippen LogP contribution in [0.1, 0.15) is 51.2 Å². The summed E-state index contributed by atoms with van der Waals surface area (Å²) in [5, 5.41) is 0.682. The summed E-state index contributed by atoms with van der Waals surface area (Å²) in [6.45, 7) is 5.56. The summed E-state index contributed by atoms with van der Waals surface area (Å²) in [4.78, 5) is 27.2. The zero-order chi connectivity index (χ0) is 23.7. The first-order valence-corrected chi connectivity index (χ1v) is 11.2. The maximum absolute atomic E-state index is 13.2. The van der Waals surface area contributed by atoms with Crippen molar-refractivity contribution in [2.45, 2.75) is 64.6 Å². The summed E-state index contributed by atoms with van der Waals surface area (Å²) >= 11 is 5.92. The van der Waals surface area contributed by atoms with Crippen molar-refractivity contribution in [3.05, 3.63) is 64.7 Å². The first-order valence-electron chi connectivity index (χ1n) is 10.8. The van der Waals surface area contributed by atoms with Gasteiger partial charge in [0.2, 0.25) is 5.91 Å². The number of carbonyl (C=O) groups is 2. The van der Waals surface area contributed by atoms with Crippen molar-refractivity contribution in [2.24, 2.45) is 5.73 Å². The molecule has 0 aliphatic carbocycles. The molecule has 0 saturated carbocycles. The molecule has 2 N–H and O–H groups in total. The summed E-state index contributed by atoms with van der Waals surface area (Å²) in [5.74, 6) is 0.119. The minimum atomic E-state index is -0.825. The number of imide groups is 1. The molecule has 2 aromatic rings. The predicted molar refractivity (Wildman–Crippen MR) is 127 cm³/mol. The van der Waals surface area contributed by atoms with Crippen LogP contribution in [0, 0.1) is 0 Å². The fraction of sp³-hybridized carbons (Fsp3) is 0.440. The topological polar surface area (TPSA) is 81.9 Å². The van der Waals surface area contributed by atoms with Crippen LogP contribution in [-0.4, -0.2) is 35.7 Å². The molecule has 0 fully saturated rings. The number of ether oxygens (including phenoxy) is 2. The van der Waals surface area contributed by atoms with Crippen LogP contribution in [-0.2, 0) is 22.5 Å². The van der Waals surface area contributed by atoms with Crippen LogP contribution in [0.25, 0.3) is 0 Å². The van der Waals surface area contributed by atoms with Crippen LogP contribution < -0.4 is 10.5 Å². The van der Waals surface area contributed by atoms with E-state index >= 15 is 0 Å². The van der Waals surface area contributed by atoms with E-state index in [9.17, 15) is 9.59 Å². The minimum Gasteiger partial charge on any atom is -0.496 e. The maximum Gasteiger partial charge on any atom is 0.417 e. The number of nitrogens with two attached hydrogens (primary N) is 1. The highest BCUT2D eigenvalue weighted by Gasteiger charge is 2.32. The molecular weight excluding hydrogens is 428 g/mol. The van der Waals surface area contributed by atoms with E-state index in [1.807, 2.05) is 63.2 Å². The Kier molecular flexibility index (Phi) is 9.54. The molecule has 1 unspecified atom stereocenters. The largest absolute Gasteiger partial charge is 0.496 e. The van der Waals surface area contributed by atoms with Crippen LogP contribution in [0.2, 0.25) is 5.02 Å². The van der Waals surface area contributed by atoms with Crippen molar-refractivity contribution in [1.82, 2.24) is 4.90 Å². The molecule has 6 nitrogen and oxygen atoms in total. The number of amides is 2. The quantitative estimate of drug-likeness (QED) is 0.516. The lowest BCUT2D eigenvalue weighted by atomic mass is 10.0. The van der Waals surface area contributed by atoms with E-state index in [-0.39, 0.29) is 6.54 Å². The highest BCUT2D eigenvalue weighted by Crippen LogP contribution is 2.23. The number of hydrogen-bond acceptors (Lipinski definition) is 5. The molecule has 0 aliphatic rings. The maximum atomic E-state index is 13.2. The zero-order valence-electron chi connectivity index (χ0n) is 19.3. The summed E-state index contributed by atoms with van der Waals surface area (Å²) in [5.41, 5.74) is 7.33. The van der Waals surface area contributed by atoms with E-state index in [0.717, 1.165) is 16.9 Å². The third kappa shape index (κ3) is 7.53. The molecule has 0 saturated heterocycles. The summed E-state index contributed by atoms with van der Waals surface area (Å²) in [6, 6.07) is 14.0. The van der Waals surface area contributed by atoms with Gasteiger partial charge in [-0.1, -0.05) is 48.9 Å². The molecular formula is C25H33ClN2O4. The Labute approximate surface area is 195 Å². The Morgan fingerprint density at radius 1 is 1.12 bits per heavy atom. The van der Waals surface area contributed by atoms with E-state index < -0.39 is 23.6 Å². The van der Waals surface area contributed by atoms with Gasteiger partial charge in [-0.3, -0.25) is 4.79 Å². The lowest BCUT2D eigenvalue weighted by Crippen LogP contribution is -2.48. The van der Waals surface area contributed by atoms with Gasteiger partial charge in [-0.25, -0.2) is 9.69 Å². The van der Waals surface area contributed by atoms with E-state index in [1.54, 1.807) is 13.2 Å². The molecule has 32 heavy (non-hydrogen) atoms. The Balaban J connectivity index is 2.12. The molecule has 174 valence electrons. The Bertz CT molecular complexity index is 899. The average Bonchev–Trinajstić information content (AvgIpc) is 2.78. The molecule has 0 heterocycles. The van der Waals surface area contributed by atoms with E-state index in [4.69, 9.17) is 26.8 Å².